The number of urea groups is 1. The minimum Gasteiger partial charge on any atom is -0.496 e. The van der Waals surface area contributed by atoms with Gasteiger partial charge in [0.25, 0.3) is 0 Å². The van der Waals surface area contributed by atoms with Crippen molar-refractivity contribution < 1.29 is 13.9 Å². The van der Waals surface area contributed by atoms with Gasteiger partial charge in [-0.25, -0.2) is 9.59 Å². The highest BCUT2D eigenvalue weighted by molar-refractivity contribution is 5.92. The lowest BCUT2D eigenvalue weighted by atomic mass is 10.1. The Balaban J connectivity index is 1.70. The van der Waals surface area contributed by atoms with Crippen molar-refractivity contribution in [1.29, 1.82) is 0 Å². The van der Waals surface area contributed by atoms with Gasteiger partial charge in [0, 0.05) is 35.3 Å². The molecule has 2 N–H and O–H groups in total. The molecule has 0 aliphatic heterocycles. The van der Waals surface area contributed by atoms with E-state index in [2.05, 4.69) is 10.6 Å². The summed E-state index contributed by atoms with van der Waals surface area (Å²) in [6.07, 6.45) is 0. The number of nitrogens with one attached hydrogen (secondary N) is 2. The number of benzene rings is 2. The lowest BCUT2D eigenvalue weighted by molar-refractivity contribution is 0.251. The van der Waals surface area contributed by atoms with Gasteiger partial charge in [-0.05, 0) is 30.7 Å². The monoisotopic (exact) mass is 338 g/mol. The zero-order valence-electron chi connectivity index (χ0n) is 14.0. The molecule has 6 nitrogen and oxygen atoms in total. The number of rotatable bonds is 4. The fourth-order valence-corrected chi connectivity index (χ4v) is 2.60. The van der Waals surface area contributed by atoms with Gasteiger partial charge in [-0.3, -0.25) is 0 Å². The zero-order chi connectivity index (χ0) is 17.8. The highest BCUT2D eigenvalue weighted by Crippen LogP contribution is 2.21. The number of fused-ring (bicyclic) bond motifs is 1. The van der Waals surface area contributed by atoms with Gasteiger partial charge in [-0.15, -0.1) is 0 Å². The number of hydrogen-bond acceptors (Lipinski definition) is 4. The number of methoxy groups -OCH3 is 1. The second-order valence-electron chi connectivity index (χ2n) is 5.58. The van der Waals surface area contributed by atoms with Crippen LogP contribution in [0, 0.1) is 6.92 Å². The van der Waals surface area contributed by atoms with Crippen molar-refractivity contribution in [3.05, 3.63) is 70.1 Å². The predicted octanol–water partition coefficient (Wildman–Crippen LogP) is 3.43. The van der Waals surface area contributed by atoms with Gasteiger partial charge in [-0.1, -0.05) is 18.2 Å². The van der Waals surface area contributed by atoms with Gasteiger partial charge in [-0.2, -0.15) is 0 Å². The quantitative estimate of drug-likeness (QED) is 0.714. The third-order valence-corrected chi connectivity index (χ3v) is 3.84. The van der Waals surface area contributed by atoms with E-state index >= 15 is 0 Å². The lowest BCUT2D eigenvalue weighted by Gasteiger charge is -2.11. The maximum Gasteiger partial charge on any atom is 0.336 e. The van der Waals surface area contributed by atoms with Gasteiger partial charge in [0.2, 0.25) is 0 Å². The topological polar surface area (TPSA) is 80.6 Å². The number of amides is 2. The summed E-state index contributed by atoms with van der Waals surface area (Å²) in [5.74, 6) is 0.714. The van der Waals surface area contributed by atoms with E-state index in [1.54, 1.807) is 19.2 Å². The van der Waals surface area contributed by atoms with Gasteiger partial charge in [0.1, 0.15) is 11.3 Å². The number of para-hydroxylation sites is 1. The molecular formula is C19H18N2O4. The molecule has 3 rings (SSSR count). The molecule has 0 fully saturated rings. The average molecular weight is 338 g/mol. The first-order valence-corrected chi connectivity index (χ1v) is 7.78. The third-order valence-electron chi connectivity index (χ3n) is 3.84. The Morgan fingerprint density at radius 1 is 1.16 bits per heavy atom. The molecule has 0 saturated heterocycles. The number of hydrogen-bond donors (Lipinski definition) is 2. The number of ether oxygens (including phenoxy) is 1. The SMILES string of the molecule is COc1ccccc1CNC(=O)Nc1ccc2c(C)cc(=O)oc2c1. The Morgan fingerprint density at radius 3 is 2.76 bits per heavy atom. The maximum atomic E-state index is 12.1. The van der Waals surface area contributed by atoms with Gasteiger partial charge < -0.3 is 19.8 Å². The molecule has 2 aromatic carbocycles. The van der Waals surface area contributed by atoms with Gasteiger partial charge in [0.05, 0.1) is 7.11 Å². The molecule has 0 radical (unpaired) electrons. The molecule has 6 heteroatoms. The summed E-state index contributed by atoms with van der Waals surface area (Å²) >= 11 is 0. The van der Waals surface area contributed by atoms with Crippen LogP contribution in [0.15, 0.2) is 57.7 Å². The smallest absolute Gasteiger partial charge is 0.336 e. The number of carbonyl (C=O) groups excluding carboxylic acids is 1. The second kappa shape index (κ2) is 7.09. The van der Waals surface area contributed by atoms with E-state index in [-0.39, 0.29) is 6.03 Å². The van der Waals surface area contributed by atoms with Crippen molar-refractivity contribution in [3.8, 4) is 5.75 Å². The van der Waals surface area contributed by atoms with E-state index in [0.29, 0.717) is 23.6 Å². The second-order valence-corrected chi connectivity index (χ2v) is 5.58. The summed E-state index contributed by atoms with van der Waals surface area (Å²) in [7, 11) is 1.59. The van der Waals surface area contributed by atoms with E-state index in [0.717, 1.165) is 16.5 Å². The zero-order valence-corrected chi connectivity index (χ0v) is 14.0. The molecule has 0 saturated carbocycles. The van der Waals surface area contributed by atoms with Crippen LogP contribution in [-0.4, -0.2) is 13.1 Å². The molecule has 2 amide bonds. The van der Waals surface area contributed by atoms with Crippen LogP contribution in [0.4, 0.5) is 10.5 Å². The predicted molar refractivity (Wildman–Crippen MR) is 96.1 cm³/mol. The van der Waals surface area contributed by atoms with E-state index in [4.69, 9.17) is 9.15 Å². The summed E-state index contributed by atoms with van der Waals surface area (Å²) in [4.78, 5) is 23.6. The van der Waals surface area contributed by atoms with Gasteiger partial charge in [0.15, 0.2) is 0 Å². The Hall–Kier alpha value is -3.28. The van der Waals surface area contributed by atoms with Crippen LogP contribution in [0.3, 0.4) is 0 Å². The number of aryl methyl sites for hydroxylation is 1. The average Bonchev–Trinajstić information content (AvgIpc) is 2.59. The molecule has 0 aliphatic carbocycles. The van der Waals surface area contributed by atoms with Crippen LogP contribution in [0.2, 0.25) is 0 Å². The molecule has 0 unspecified atom stereocenters. The van der Waals surface area contributed by atoms with Crippen LogP contribution in [0.25, 0.3) is 11.0 Å². The van der Waals surface area contributed by atoms with Crippen molar-refractivity contribution in [3.63, 3.8) is 0 Å². The first-order chi connectivity index (χ1) is 12.1. The van der Waals surface area contributed by atoms with Gasteiger partial charge >= 0.3 is 11.7 Å². The molecule has 0 aliphatic rings. The molecule has 128 valence electrons. The summed E-state index contributed by atoms with van der Waals surface area (Å²) < 4.78 is 10.4. The molecule has 25 heavy (non-hydrogen) atoms. The van der Waals surface area contributed by atoms with Crippen molar-refractivity contribution in [1.82, 2.24) is 5.32 Å². The summed E-state index contributed by atoms with van der Waals surface area (Å²) in [6, 6.07) is 13.7. The standard InChI is InChI=1S/C19H18N2O4/c1-12-9-18(22)25-17-10-14(7-8-15(12)17)21-19(23)20-11-13-5-3-4-6-16(13)24-2/h3-10H,11H2,1-2H3,(H2,20,21,23). The molecule has 0 spiro atoms. The Labute approximate surface area is 144 Å². The molecule has 1 aromatic heterocycles. The van der Waals surface area contributed by atoms with E-state index in [1.807, 2.05) is 37.3 Å². The van der Waals surface area contributed by atoms with Crippen LogP contribution < -0.4 is 21.0 Å². The minimum atomic E-state index is -0.414. The fourth-order valence-electron chi connectivity index (χ4n) is 2.60. The van der Waals surface area contributed by atoms with E-state index < -0.39 is 5.63 Å². The van der Waals surface area contributed by atoms with Crippen LogP contribution in [-0.2, 0) is 6.54 Å². The maximum absolute atomic E-state index is 12.1. The highest BCUT2D eigenvalue weighted by Gasteiger charge is 2.07. The van der Waals surface area contributed by atoms with Crippen LogP contribution in [0.5, 0.6) is 5.75 Å². The normalized spacial score (nSPS) is 10.5. The van der Waals surface area contributed by atoms with E-state index in [1.165, 1.54) is 6.07 Å². The first kappa shape index (κ1) is 16.6. The fraction of sp³-hybridized carbons (Fsp3) is 0.158. The summed E-state index contributed by atoms with van der Waals surface area (Å²) in [5, 5.41) is 6.33. The van der Waals surface area contributed by atoms with Crippen molar-refractivity contribution in [2.24, 2.45) is 0 Å². The Bertz CT molecular complexity index is 979. The van der Waals surface area contributed by atoms with Crippen molar-refractivity contribution in [2.75, 3.05) is 12.4 Å². The minimum absolute atomic E-state index is 0.331. The largest absolute Gasteiger partial charge is 0.496 e. The number of carbonyl (C=O) groups is 1. The lowest BCUT2D eigenvalue weighted by Crippen LogP contribution is -2.28. The first-order valence-electron chi connectivity index (χ1n) is 7.78. The highest BCUT2D eigenvalue weighted by atomic mass is 16.5. The van der Waals surface area contributed by atoms with E-state index in [9.17, 15) is 9.59 Å². The van der Waals surface area contributed by atoms with Crippen LogP contribution >= 0.6 is 0 Å². The molecule has 0 atom stereocenters. The number of anilines is 1. The van der Waals surface area contributed by atoms with Crippen molar-refractivity contribution in [2.45, 2.75) is 13.5 Å². The summed E-state index contributed by atoms with van der Waals surface area (Å²) in [6.45, 7) is 2.17. The van der Waals surface area contributed by atoms with Crippen molar-refractivity contribution >= 4 is 22.7 Å². The van der Waals surface area contributed by atoms with Crippen LogP contribution in [0.1, 0.15) is 11.1 Å². The Kier molecular flexibility index (Phi) is 4.70. The third kappa shape index (κ3) is 3.80. The molecule has 3 aromatic rings. The molecule has 1 heterocycles. The summed E-state index contributed by atoms with van der Waals surface area (Å²) in [5.41, 5.74) is 2.27. The molecule has 0 bridgehead atoms. The Morgan fingerprint density at radius 2 is 1.96 bits per heavy atom. The molecular weight excluding hydrogens is 320 g/mol.